The summed E-state index contributed by atoms with van der Waals surface area (Å²) in [7, 11) is -3.01. The summed E-state index contributed by atoms with van der Waals surface area (Å²) < 4.78 is 23.1. The van der Waals surface area contributed by atoms with E-state index in [-0.39, 0.29) is 41.7 Å². The van der Waals surface area contributed by atoms with Gasteiger partial charge in [-0.1, -0.05) is 25.7 Å². The van der Waals surface area contributed by atoms with Crippen LogP contribution in [-0.2, 0) is 19.4 Å². The molecular formula is C16H26N2O4S. The van der Waals surface area contributed by atoms with Crippen molar-refractivity contribution in [2.45, 2.75) is 51.0 Å². The van der Waals surface area contributed by atoms with Gasteiger partial charge in [0.05, 0.1) is 17.4 Å². The third-order valence-corrected chi connectivity index (χ3v) is 7.26. The molecule has 130 valence electrons. The van der Waals surface area contributed by atoms with Crippen molar-refractivity contribution in [1.29, 1.82) is 0 Å². The average molecular weight is 342 g/mol. The number of amides is 2. The molecule has 0 radical (unpaired) electrons. The van der Waals surface area contributed by atoms with E-state index in [1.54, 1.807) is 4.90 Å². The van der Waals surface area contributed by atoms with Gasteiger partial charge < -0.3 is 10.2 Å². The Morgan fingerprint density at radius 2 is 1.96 bits per heavy atom. The predicted octanol–water partition coefficient (Wildman–Crippen LogP) is 0.718. The maximum Gasteiger partial charge on any atom is 0.225 e. The zero-order valence-corrected chi connectivity index (χ0v) is 14.3. The first-order valence-electron chi connectivity index (χ1n) is 8.72. The Hall–Kier alpha value is -1.11. The Morgan fingerprint density at radius 1 is 1.22 bits per heavy atom. The largest absolute Gasteiger partial charge is 0.356 e. The molecule has 0 unspecified atom stereocenters. The Bertz CT molecular complexity index is 569. The Morgan fingerprint density at radius 3 is 2.61 bits per heavy atom. The molecule has 1 saturated carbocycles. The molecule has 0 aromatic heterocycles. The lowest BCUT2D eigenvalue weighted by molar-refractivity contribution is -0.130. The predicted molar refractivity (Wildman–Crippen MR) is 86.5 cm³/mol. The van der Waals surface area contributed by atoms with Crippen molar-refractivity contribution in [2.75, 3.05) is 24.6 Å². The van der Waals surface area contributed by atoms with Gasteiger partial charge in [-0.25, -0.2) is 8.42 Å². The van der Waals surface area contributed by atoms with Gasteiger partial charge in [-0.2, -0.15) is 0 Å². The van der Waals surface area contributed by atoms with E-state index in [1.165, 1.54) is 25.7 Å². The molecule has 0 bridgehead atoms. The van der Waals surface area contributed by atoms with Crippen LogP contribution in [0, 0.1) is 11.8 Å². The van der Waals surface area contributed by atoms with Gasteiger partial charge in [0.2, 0.25) is 11.8 Å². The van der Waals surface area contributed by atoms with Gasteiger partial charge in [-0.15, -0.1) is 0 Å². The van der Waals surface area contributed by atoms with Gasteiger partial charge in [0.15, 0.2) is 9.84 Å². The highest BCUT2D eigenvalue weighted by Crippen LogP contribution is 2.28. The minimum atomic E-state index is -3.01. The second-order valence-electron chi connectivity index (χ2n) is 7.23. The molecular weight excluding hydrogens is 316 g/mol. The SMILES string of the molecule is O=C(NCCC1CCCC1)[C@@H]1CC(=O)N([C@@H]2CCS(=O)(=O)C2)C1. The maximum atomic E-state index is 12.2. The van der Waals surface area contributed by atoms with Crippen LogP contribution in [0.5, 0.6) is 0 Å². The van der Waals surface area contributed by atoms with Gasteiger partial charge >= 0.3 is 0 Å². The van der Waals surface area contributed by atoms with Gasteiger partial charge in [0.25, 0.3) is 0 Å². The molecule has 2 amide bonds. The number of nitrogens with one attached hydrogen (secondary N) is 1. The molecule has 3 aliphatic rings. The highest BCUT2D eigenvalue weighted by molar-refractivity contribution is 7.91. The zero-order valence-electron chi connectivity index (χ0n) is 13.5. The standard InChI is InChI=1S/C16H26N2O4S/c19-15-9-13(10-18(15)14-6-8-23(21,22)11-14)16(20)17-7-5-12-3-1-2-4-12/h12-14H,1-11H2,(H,17,20)/t13-,14-/m1/s1. The number of rotatable bonds is 5. The summed E-state index contributed by atoms with van der Waals surface area (Å²) in [6.07, 6.45) is 6.88. The van der Waals surface area contributed by atoms with E-state index < -0.39 is 9.84 Å². The van der Waals surface area contributed by atoms with Crippen LogP contribution in [0.1, 0.15) is 44.9 Å². The van der Waals surface area contributed by atoms with Crippen molar-refractivity contribution in [1.82, 2.24) is 10.2 Å². The molecule has 7 heteroatoms. The van der Waals surface area contributed by atoms with Gasteiger partial charge in [-0.3, -0.25) is 9.59 Å². The summed E-state index contributed by atoms with van der Waals surface area (Å²) in [6, 6.07) is -0.233. The molecule has 2 saturated heterocycles. The fourth-order valence-electron chi connectivity index (χ4n) is 4.12. The summed E-state index contributed by atoms with van der Waals surface area (Å²) in [5.74, 6) is 0.479. The second kappa shape index (κ2) is 6.79. The number of carbonyl (C=O) groups is 2. The fourth-order valence-corrected chi connectivity index (χ4v) is 5.85. The molecule has 3 rings (SSSR count). The fraction of sp³-hybridized carbons (Fsp3) is 0.875. The van der Waals surface area contributed by atoms with Crippen molar-refractivity contribution in [3.63, 3.8) is 0 Å². The van der Waals surface area contributed by atoms with Crippen LogP contribution in [0.3, 0.4) is 0 Å². The van der Waals surface area contributed by atoms with E-state index in [2.05, 4.69) is 5.32 Å². The van der Waals surface area contributed by atoms with E-state index in [9.17, 15) is 18.0 Å². The van der Waals surface area contributed by atoms with E-state index in [0.717, 1.165) is 12.3 Å². The molecule has 0 aromatic rings. The smallest absolute Gasteiger partial charge is 0.225 e. The minimum Gasteiger partial charge on any atom is -0.356 e. The van der Waals surface area contributed by atoms with Crippen molar-refractivity contribution in [2.24, 2.45) is 11.8 Å². The summed E-state index contributed by atoms with van der Waals surface area (Å²) in [6.45, 7) is 1.06. The summed E-state index contributed by atoms with van der Waals surface area (Å²) in [5, 5.41) is 2.96. The van der Waals surface area contributed by atoms with Crippen molar-refractivity contribution in [3.05, 3.63) is 0 Å². The van der Waals surface area contributed by atoms with Crippen LogP contribution in [-0.4, -0.2) is 55.8 Å². The first kappa shape index (κ1) is 16.7. The number of carbonyl (C=O) groups excluding carboxylic acids is 2. The zero-order chi connectivity index (χ0) is 16.4. The number of hydrogen-bond donors (Lipinski definition) is 1. The molecule has 2 atom stereocenters. The molecule has 2 heterocycles. The second-order valence-corrected chi connectivity index (χ2v) is 9.46. The molecule has 0 spiro atoms. The van der Waals surface area contributed by atoms with E-state index >= 15 is 0 Å². The van der Waals surface area contributed by atoms with Gasteiger partial charge in [0.1, 0.15) is 0 Å². The monoisotopic (exact) mass is 342 g/mol. The first-order chi connectivity index (χ1) is 10.9. The van der Waals surface area contributed by atoms with Crippen LogP contribution < -0.4 is 5.32 Å². The molecule has 0 aromatic carbocycles. The van der Waals surface area contributed by atoms with E-state index in [0.29, 0.717) is 19.5 Å². The van der Waals surface area contributed by atoms with Crippen LogP contribution in [0.25, 0.3) is 0 Å². The Kier molecular flexibility index (Phi) is 4.94. The summed E-state index contributed by atoms with van der Waals surface area (Å²) in [4.78, 5) is 26.0. The van der Waals surface area contributed by atoms with Crippen molar-refractivity contribution < 1.29 is 18.0 Å². The third kappa shape index (κ3) is 4.05. The van der Waals surface area contributed by atoms with Crippen LogP contribution in [0.15, 0.2) is 0 Å². The molecule has 1 N–H and O–H groups in total. The average Bonchev–Trinajstić information content (AvgIpc) is 3.19. The van der Waals surface area contributed by atoms with Crippen LogP contribution >= 0.6 is 0 Å². The summed E-state index contributed by atoms with van der Waals surface area (Å²) >= 11 is 0. The van der Waals surface area contributed by atoms with Crippen molar-refractivity contribution in [3.8, 4) is 0 Å². The highest BCUT2D eigenvalue weighted by atomic mass is 32.2. The van der Waals surface area contributed by atoms with Crippen LogP contribution in [0.4, 0.5) is 0 Å². The molecule has 3 fully saturated rings. The number of likely N-dealkylation sites (tertiary alicyclic amines) is 1. The molecule has 6 nitrogen and oxygen atoms in total. The lowest BCUT2D eigenvalue weighted by atomic mass is 10.0. The van der Waals surface area contributed by atoms with Gasteiger partial charge in [0, 0.05) is 25.6 Å². The number of sulfone groups is 1. The number of nitrogens with zero attached hydrogens (tertiary/aromatic N) is 1. The molecule has 1 aliphatic carbocycles. The normalized spacial score (nSPS) is 31.0. The van der Waals surface area contributed by atoms with Crippen LogP contribution in [0.2, 0.25) is 0 Å². The molecule has 2 aliphatic heterocycles. The van der Waals surface area contributed by atoms with E-state index in [4.69, 9.17) is 0 Å². The topological polar surface area (TPSA) is 83.6 Å². The summed E-state index contributed by atoms with van der Waals surface area (Å²) in [5.41, 5.74) is 0. The third-order valence-electron chi connectivity index (χ3n) is 5.50. The maximum absolute atomic E-state index is 12.2. The van der Waals surface area contributed by atoms with E-state index in [1.807, 2.05) is 0 Å². The highest BCUT2D eigenvalue weighted by Gasteiger charge is 2.41. The number of hydrogen-bond acceptors (Lipinski definition) is 4. The minimum absolute atomic E-state index is 0.0504. The lowest BCUT2D eigenvalue weighted by Crippen LogP contribution is -2.39. The Labute approximate surface area is 137 Å². The van der Waals surface area contributed by atoms with Gasteiger partial charge in [-0.05, 0) is 18.8 Å². The first-order valence-corrected chi connectivity index (χ1v) is 10.5. The lowest BCUT2D eigenvalue weighted by Gasteiger charge is -2.23. The molecule has 23 heavy (non-hydrogen) atoms. The van der Waals surface area contributed by atoms with Crippen molar-refractivity contribution >= 4 is 21.7 Å². The Balaban J connectivity index is 1.46. The quantitative estimate of drug-likeness (QED) is 0.798.